The molecule has 3 N–H and O–H groups in total. The SMILES string of the molecule is CCCCCCCCCCCCCCCCCCCCCCCC(O)C(CO)NC(=O)CCCCCCCCCCCCCCCCCCC/C=C\C/C=C\CCCCCCCCCCCCCOC(=O)CCCCCCCCCCCCCCC. The number of hydrogen-bond donors (Lipinski definition) is 3. The van der Waals surface area contributed by atoms with Crippen LogP contribution < -0.4 is 5.32 Å². The first-order chi connectivity index (χ1) is 42.5. The van der Waals surface area contributed by atoms with Crippen LogP contribution in [-0.2, 0) is 14.3 Å². The van der Waals surface area contributed by atoms with Gasteiger partial charge in [-0.05, 0) is 57.8 Å². The maximum Gasteiger partial charge on any atom is 0.305 e. The highest BCUT2D eigenvalue weighted by atomic mass is 16.5. The zero-order valence-electron chi connectivity index (χ0n) is 58.6. The number of aliphatic hydroxyl groups excluding tert-OH is 2. The molecule has 2 atom stereocenters. The van der Waals surface area contributed by atoms with Crippen LogP contribution in [0.15, 0.2) is 24.3 Å². The fourth-order valence-electron chi connectivity index (χ4n) is 12.7. The van der Waals surface area contributed by atoms with E-state index in [1.807, 2.05) is 0 Å². The van der Waals surface area contributed by atoms with Crippen molar-refractivity contribution in [3.8, 4) is 0 Å². The number of carbonyl (C=O) groups is 2. The molecule has 86 heavy (non-hydrogen) atoms. The van der Waals surface area contributed by atoms with Gasteiger partial charge in [-0.1, -0.05) is 404 Å². The molecule has 0 aliphatic carbocycles. The summed E-state index contributed by atoms with van der Waals surface area (Å²) in [5.41, 5.74) is 0. The lowest BCUT2D eigenvalue weighted by molar-refractivity contribution is -0.143. The Hall–Kier alpha value is -1.66. The second-order valence-electron chi connectivity index (χ2n) is 27.4. The Labute approximate surface area is 539 Å². The van der Waals surface area contributed by atoms with Crippen molar-refractivity contribution >= 4 is 11.9 Å². The summed E-state index contributed by atoms with van der Waals surface area (Å²) in [4.78, 5) is 24.6. The smallest absolute Gasteiger partial charge is 0.305 e. The Kier molecular flexibility index (Phi) is 74.3. The summed E-state index contributed by atoms with van der Waals surface area (Å²) >= 11 is 0. The van der Waals surface area contributed by atoms with Gasteiger partial charge in [0, 0.05) is 12.8 Å². The Bertz CT molecular complexity index is 1350. The van der Waals surface area contributed by atoms with Crippen molar-refractivity contribution < 1.29 is 24.5 Å². The van der Waals surface area contributed by atoms with Gasteiger partial charge in [-0.25, -0.2) is 0 Å². The molecule has 2 unspecified atom stereocenters. The molecule has 0 saturated heterocycles. The minimum absolute atomic E-state index is 0.0192. The van der Waals surface area contributed by atoms with E-state index in [2.05, 4.69) is 43.5 Å². The first-order valence-corrected chi connectivity index (χ1v) is 39.6. The molecular formula is C80H155NO5. The van der Waals surface area contributed by atoms with Gasteiger partial charge in [-0.15, -0.1) is 0 Å². The van der Waals surface area contributed by atoms with Crippen LogP contribution in [0.4, 0.5) is 0 Å². The highest BCUT2D eigenvalue weighted by Crippen LogP contribution is 2.20. The van der Waals surface area contributed by atoms with Crippen molar-refractivity contribution in [2.75, 3.05) is 13.2 Å². The summed E-state index contributed by atoms with van der Waals surface area (Å²) in [6, 6.07) is -0.540. The lowest BCUT2D eigenvalue weighted by atomic mass is 10.0. The van der Waals surface area contributed by atoms with Crippen LogP contribution in [0.2, 0.25) is 0 Å². The van der Waals surface area contributed by atoms with Crippen LogP contribution in [0, 0.1) is 0 Å². The predicted molar refractivity (Wildman–Crippen MR) is 380 cm³/mol. The van der Waals surface area contributed by atoms with Crippen LogP contribution in [0.25, 0.3) is 0 Å². The van der Waals surface area contributed by atoms with Gasteiger partial charge in [0.25, 0.3) is 0 Å². The fourth-order valence-corrected chi connectivity index (χ4v) is 12.7. The molecule has 0 aromatic rings. The lowest BCUT2D eigenvalue weighted by Gasteiger charge is -2.22. The van der Waals surface area contributed by atoms with Crippen molar-refractivity contribution in [2.24, 2.45) is 0 Å². The Morgan fingerprint density at radius 3 is 0.884 bits per heavy atom. The van der Waals surface area contributed by atoms with Gasteiger partial charge in [-0.3, -0.25) is 9.59 Å². The van der Waals surface area contributed by atoms with Gasteiger partial charge in [0.2, 0.25) is 5.91 Å². The predicted octanol–water partition coefficient (Wildman–Crippen LogP) is 26.0. The Morgan fingerprint density at radius 1 is 0.326 bits per heavy atom. The number of allylic oxidation sites excluding steroid dienone is 4. The van der Waals surface area contributed by atoms with Crippen LogP contribution in [0.1, 0.15) is 450 Å². The molecule has 0 aliphatic rings. The Balaban J connectivity index is 3.37. The average molecular weight is 1210 g/mol. The number of carbonyl (C=O) groups excluding carboxylic acids is 2. The molecular weight excluding hydrogens is 1050 g/mol. The molecule has 1 amide bonds. The standard InChI is InChI=1S/C80H155NO5/c1-3-5-7-9-11-13-15-17-18-19-20-36-39-42-45-49-52-56-60-64-68-72-78(83)77(76-82)81-79(84)73-69-65-61-57-53-50-46-43-40-37-34-32-30-28-26-24-22-21-23-25-27-29-31-33-35-38-41-44-47-51-55-59-63-67-71-75-86-80(85)74-70-66-62-58-54-48-16-14-12-10-8-6-4-2/h23,25,29,31,77-78,82-83H,3-22,24,26-28,30,32-76H2,1-2H3,(H,81,84)/b25-23-,31-29-. The fraction of sp³-hybridized carbons (Fsp3) is 0.925. The molecule has 0 radical (unpaired) electrons. The Morgan fingerprint density at radius 2 is 0.581 bits per heavy atom. The third kappa shape index (κ3) is 71.4. The summed E-state index contributed by atoms with van der Waals surface area (Å²) in [5, 5.41) is 23.5. The highest BCUT2D eigenvalue weighted by Gasteiger charge is 2.20. The van der Waals surface area contributed by atoms with E-state index < -0.39 is 12.1 Å². The van der Waals surface area contributed by atoms with Crippen molar-refractivity contribution in [1.29, 1.82) is 0 Å². The summed E-state index contributed by atoms with van der Waals surface area (Å²) in [6.07, 6.45) is 97.0. The number of ether oxygens (including phenoxy) is 1. The molecule has 0 saturated carbocycles. The van der Waals surface area contributed by atoms with E-state index in [9.17, 15) is 19.8 Å². The lowest BCUT2D eigenvalue weighted by Crippen LogP contribution is -2.45. The maximum absolute atomic E-state index is 12.6. The largest absolute Gasteiger partial charge is 0.466 e. The van der Waals surface area contributed by atoms with E-state index >= 15 is 0 Å². The number of esters is 1. The minimum Gasteiger partial charge on any atom is -0.466 e. The van der Waals surface area contributed by atoms with Gasteiger partial charge < -0.3 is 20.3 Å². The molecule has 0 spiro atoms. The van der Waals surface area contributed by atoms with Crippen LogP contribution >= 0.6 is 0 Å². The van der Waals surface area contributed by atoms with Gasteiger partial charge in [0.15, 0.2) is 0 Å². The van der Waals surface area contributed by atoms with E-state index in [0.29, 0.717) is 25.9 Å². The molecule has 0 rings (SSSR count). The highest BCUT2D eigenvalue weighted by molar-refractivity contribution is 5.76. The molecule has 0 aromatic heterocycles. The van der Waals surface area contributed by atoms with Gasteiger partial charge in [0.1, 0.15) is 0 Å². The summed E-state index contributed by atoms with van der Waals surface area (Å²) in [6.45, 7) is 5.00. The third-order valence-corrected chi connectivity index (χ3v) is 18.8. The summed E-state index contributed by atoms with van der Waals surface area (Å²) in [7, 11) is 0. The summed E-state index contributed by atoms with van der Waals surface area (Å²) in [5.74, 6) is -0.00810. The van der Waals surface area contributed by atoms with Crippen molar-refractivity contribution in [3.63, 3.8) is 0 Å². The second-order valence-corrected chi connectivity index (χ2v) is 27.4. The quantitative estimate of drug-likeness (QED) is 0.0320. The van der Waals surface area contributed by atoms with E-state index in [-0.39, 0.29) is 18.5 Å². The number of nitrogens with one attached hydrogen (secondary N) is 1. The van der Waals surface area contributed by atoms with E-state index in [1.165, 1.54) is 372 Å². The molecule has 0 bridgehead atoms. The number of hydrogen-bond acceptors (Lipinski definition) is 5. The van der Waals surface area contributed by atoms with Crippen LogP contribution in [0.3, 0.4) is 0 Å². The van der Waals surface area contributed by atoms with Gasteiger partial charge in [-0.2, -0.15) is 0 Å². The molecule has 510 valence electrons. The third-order valence-electron chi connectivity index (χ3n) is 18.8. The first-order valence-electron chi connectivity index (χ1n) is 39.6. The monoisotopic (exact) mass is 1210 g/mol. The molecule has 0 heterocycles. The second kappa shape index (κ2) is 75.8. The maximum atomic E-state index is 12.6. The number of aliphatic hydroxyl groups is 2. The van der Waals surface area contributed by atoms with E-state index in [1.54, 1.807) is 0 Å². The minimum atomic E-state index is -0.664. The molecule has 0 aliphatic heterocycles. The molecule has 6 heteroatoms. The molecule has 0 aromatic carbocycles. The van der Waals surface area contributed by atoms with Gasteiger partial charge >= 0.3 is 5.97 Å². The van der Waals surface area contributed by atoms with Gasteiger partial charge in [0.05, 0.1) is 25.4 Å². The van der Waals surface area contributed by atoms with Crippen LogP contribution in [-0.4, -0.2) is 47.4 Å². The zero-order chi connectivity index (χ0) is 62.0. The topological polar surface area (TPSA) is 95.9 Å². The van der Waals surface area contributed by atoms with Crippen molar-refractivity contribution in [3.05, 3.63) is 24.3 Å². The molecule has 6 nitrogen and oxygen atoms in total. The number of rotatable bonds is 75. The zero-order valence-corrected chi connectivity index (χ0v) is 58.6. The van der Waals surface area contributed by atoms with Crippen molar-refractivity contribution in [2.45, 2.75) is 463 Å². The van der Waals surface area contributed by atoms with E-state index in [4.69, 9.17) is 4.74 Å². The number of amides is 1. The number of unbranched alkanes of at least 4 members (excludes halogenated alkanes) is 60. The first kappa shape index (κ1) is 84.3. The van der Waals surface area contributed by atoms with Crippen LogP contribution in [0.5, 0.6) is 0 Å². The van der Waals surface area contributed by atoms with E-state index in [0.717, 1.165) is 44.9 Å². The molecule has 0 fully saturated rings. The van der Waals surface area contributed by atoms with Crippen molar-refractivity contribution in [1.82, 2.24) is 5.32 Å². The normalized spacial score (nSPS) is 12.6. The average Bonchev–Trinajstić information content (AvgIpc) is 3.57. The summed E-state index contributed by atoms with van der Waals surface area (Å²) < 4.78 is 5.49.